The quantitative estimate of drug-likeness (QED) is 0.655. The molecule has 0 aliphatic carbocycles. The molecule has 0 aromatic heterocycles. The molecular weight excluding hydrogens is 252 g/mol. The lowest BCUT2D eigenvalue weighted by Gasteiger charge is -2.22. The molecule has 0 unspecified atom stereocenters. The van der Waals surface area contributed by atoms with Crippen LogP contribution in [0.5, 0.6) is 0 Å². The van der Waals surface area contributed by atoms with Crippen LogP contribution in [-0.2, 0) is 14.9 Å². The summed E-state index contributed by atoms with van der Waals surface area (Å²) in [4.78, 5) is 5.03. The molecular formula is C12H20N2O3S. The normalized spacial score (nSPS) is 12.3. The zero-order chi connectivity index (χ0) is 13.9. The second kappa shape index (κ2) is 5.69. The number of rotatable bonds is 5. The highest BCUT2D eigenvalue weighted by Crippen LogP contribution is 2.24. The molecule has 0 atom stereocenters. The van der Waals surface area contributed by atoms with Gasteiger partial charge < -0.3 is 5.73 Å². The predicted octanol–water partition coefficient (Wildman–Crippen LogP) is 1.79. The van der Waals surface area contributed by atoms with Crippen LogP contribution in [0.25, 0.3) is 0 Å². The Morgan fingerprint density at radius 3 is 2.44 bits per heavy atom. The van der Waals surface area contributed by atoms with Crippen molar-refractivity contribution < 1.29 is 13.3 Å². The molecule has 5 nitrogen and oxygen atoms in total. The smallest absolute Gasteiger partial charge is 0.267 e. The van der Waals surface area contributed by atoms with Gasteiger partial charge in [0, 0.05) is 6.54 Å². The summed E-state index contributed by atoms with van der Waals surface area (Å²) in [6.07, 6.45) is 0. The molecule has 0 aliphatic heterocycles. The lowest BCUT2D eigenvalue weighted by molar-refractivity contribution is -0.0557. The molecule has 0 saturated heterocycles. The minimum absolute atomic E-state index is 0.0793. The first-order valence-corrected chi connectivity index (χ1v) is 7.16. The van der Waals surface area contributed by atoms with Gasteiger partial charge in [0.25, 0.3) is 10.0 Å². The SMILES string of the molecule is CON(CC(C)C)S(=O)(=O)c1ccc(C)cc1N. The number of hydrogen-bond donors (Lipinski definition) is 1. The third kappa shape index (κ3) is 3.22. The van der Waals surface area contributed by atoms with Gasteiger partial charge in [-0.05, 0) is 30.5 Å². The van der Waals surface area contributed by atoms with Gasteiger partial charge in [-0.15, -0.1) is 0 Å². The van der Waals surface area contributed by atoms with Crippen LogP contribution in [0.4, 0.5) is 5.69 Å². The van der Waals surface area contributed by atoms with E-state index in [1.54, 1.807) is 12.1 Å². The Bertz CT molecular complexity index is 512. The molecule has 18 heavy (non-hydrogen) atoms. The van der Waals surface area contributed by atoms with Crippen molar-refractivity contribution in [1.29, 1.82) is 0 Å². The van der Waals surface area contributed by atoms with E-state index in [2.05, 4.69) is 0 Å². The van der Waals surface area contributed by atoms with Crippen LogP contribution in [0, 0.1) is 12.8 Å². The van der Waals surface area contributed by atoms with E-state index < -0.39 is 10.0 Å². The average molecular weight is 272 g/mol. The van der Waals surface area contributed by atoms with Crippen molar-refractivity contribution in [3.05, 3.63) is 23.8 Å². The number of hydrogen-bond acceptors (Lipinski definition) is 4. The van der Waals surface area contributed by atoms with Gasteiger partial charge in [-0.3, -0.25) is 4.84 Å². The zero-order valence-corrected chi connectivity index (χ0v) is 12.0. The summed E-state index contributed by atoms with van der Waals surface area (Å²) in [5.74, 6) is 0.159. The summed E-state index contributed by atoms with van der Waals surface area (Å²) >= 11 is 0. The highest BCUT2D eigenvalue weighted by Gasteiger charge is 2.27. The highest BCUT2D eigenvalue weighted by atomic mass is 32.2. The standard InChI is InChI=1S/C12H20N2O3S/c1-9(2)8-14(17-4)18(15,16)12-6-5-10(3)7-11(12)13/h5-7,9H,8,13H2,1-4H3. The first-order valence-electron chi connectivity index (χ1n) is 5.72. The number of anilines is 1. The molecule has 0 heterocycles. The second-order valence-electron chi connectivity index (χ2n) is 4.61. The van der Waals surface area contributed by atoms with E-state index in [4.69, 9.17) is 10.6 Å². The topological polar surface area (TPSA) is 72.6 Å². The molecule has 2 N–H and O–H groups in total. The molecule has 6 heteroatoms. The Kier molecular flexibility index (Phi) is 4.72. The Morgan fingerprint density at radius 2 is 2.00 bits per heavy atom. The van der Waals surface area contributed by atoms with Gasteiger partial charge in [0.1, 0.15) is 4.90 Å². The number of sulfonamides is 1. The molecule has 0 spiro atoms. The van der Waals surface area contributed by atoms with E-state index in [1.807, 2.05) is 20.8 Å². The van der Waals surface area contributed by atoms with Crippen LogP contribution in [0.3, 0.4) is 0 Å². The number of nitrogens with zero attached hydrogens (tertiary/aromatic N) is 1. The summed E-state index contributed by atoms with van der Waals surface area (Å²) in [6, 6.07) is 4.86. The molecule has 1 aromatic rings. The van der Waals surface area contributed by atoms with Crippen LogP contribution in [-0.4, -0.2) is 26.5 Å². The first kappa shape index (κ1) is 14.9. The zero-order valence-electron chi connectivity index (χ0n) is 11.2. The van der Waals surface area contributed by atoms with Gasteiger partial charge in [0.05, 0.1) is 12.8 Å². The fourth-order valence-electron chi connectivity index (χ4n) is 1.58. The summed E-state index contributed by atoms with van der Waals surface area (Å²) in [5, 5.41) is 0. The van der Waals surface area contributed by atoms with Crippen molar-refractivity contribution >= 4 is 15.7 Å². The van der Waals surface area contributed by atoms with Crippen molar-refractivity contribution in [3.8, 4) is 0 Å². The highest BCUT2D eigenvalue weighted by molar-refractivity contribution is 7.89. The van der Waals surface area contributed by atoms with Gasteiger partial charge >= 0.3 is 0 Å². The molecule has 0 bridgehead atoms. The van der Waals surface area contributed by atoms with Crippen LogP contribution >= 0.6 is 0 Å². The fourth-order valence-corrected chi connectivity index (χ4v) is 3.09. The van der Waals surface area contributed by atoms with Crippen LogP contribution in [0.1, 0.15) is 19.4 Å². The van der Waals surface area contributed by atoms with Crippen molar-refractivity contribution in [2.24, 2.45) is 5.92 Å². The number of nitrogens with two attached hydrogens (primary N) is 1. The van der Waals surface area contributed by atoms with Crippen molar-refractivity contribution in [2.75, 3.05) is 19.4 Å². The van der Waals surface area contributed by atoms with E-state index in [0.29, 0.717) is 0 Å². The van der Waals surface area contributed by atoms with Crippen LogP contribution in [0.2, 0.25) is 0 Å². The molecule has 1 rings (SSSR count). The Morgan fingerprint density at radius 1 is 1.39 bits per heavy atom. The molecule has 102 valence electrons. The lowest BCUT2D eigenvalue weighted by atomic mass is 10.2. The fraction of sp³-hybridized carbons (Fsp3) is 0.500. The number of aryl methyl sites for hydroxylation is 1. The van der Waals surface area contributed by atoms with Gasteiger partial charge in [0.2, 0.25) is 0 Å². The second-order valence-corrected chi connectivity index (χ2v) is 6.41. The molecule has 1 aromatic carbocycles. The number of hydroxylamine groups is 1. The molecule has 0 amide bonds. The lowest BCUT2D eigenvalue weighted by Crippen LogP contribution is -2.33. The Balaban J connectivity index is 3.19. The van der Waals surface area contributed by atoms with E-state index in [1.165, 1.54) is 13.2 Å². The van der Waals surface area contributed by atoms with Crippen LogP contribution < -0.4 is 5.73 Å². The van der Waals surface area contributed by atoms with Gasteiger partial charge in [-0.25, -0.2) is 8.42 Å². The van der Waals surface area contributed by atoms with Gasteiger partial charge in [0.15, 0.2) is 0 Å². The molecule has 0 saturated carbocycles. The monoisotopic (exact) mass is 272 g/mol. The van der Waals surface area contributed by atoms with E-state index in [9.17, 15) is 8.42 Å². The van der Waals surface area contributed by atoms with Crippen molar-refractivity contribution in [2.45, 2.75) is 25.7 Å². The van der Waals surface area contributed by atoms with E-state index >= 15 is 0 Å². The minimum atomic E-state index is -3.71. The molecule has 0 aliphatic rings. The van der Waals surface area contributed by atoms with Crippen LogP contribution in [0.15, 0.2) is 23.1 Å². The summed E-state index contributed by atoms with van der Waals surface area (Å²) in [6.45, 7) is 5.97. The maximum atomic E-state index is 12.4. The predicted molar refractivity (Wildman–Crippen MR) is 71.3 cm³/mol. The third-order valence-corrected chi connectivity index (χ3v) is 4.19. The number of benzene rings is 1. The number of nitrogen functional groups attached to an aromatic ring is 1. The van der Waals surface area contributed by atoms with Crippen molar-refractivity contribution in [1.82, 2.24) is 4.47 Å². The van der Waals surface area contributed by atoms with Gasteiger partial charge in [-0.2, -0.15) is 0 Å². The Labute approximate surface area is 109 Å². The average Bonchev–Trinajstić information content (AvgIpc) is 2.24. The Hall–Kier alpha value is -1.11. The summed E-state index contributed by atoms with van der Waals surface area (Å²) in [7, 11) is -2.37. The van der Waals surface area contributed by atoms with E-state index in [0.717, 1.165) is 10.0 Å². The molecule has 0 fully saturated rings. The van der Waals surface area contributed by atoms with Crippen molar-refractivity contribution in [3.63, 3.8) is 0 Å². The first-order chi connectivity index (χ1) is 8.28. The summed E-state index contributed by atoms with van der Waals surface area (Å²) < 4.78 is 25.7. The summed E-state index contributed by atoms with van der Waals surface area (Å²) in [5.41, 5.74) is 6.92. The van der Waals surface area contributed by atoms with E-state index in [-0.39, 0.29) is 23.0 Å². The maximum absolute atomic E-state index is 12.4. The maximum Gasteiger partial charge on any atom is 0.267 e. The largest absolute Gasteiger partial charge is 0.398 e. The van der Waals surface area contributed by atoms with Gasteiger partial charge in [-0.1, -0.05) is 24.4 Å². The minimum Gasteiger partial charge on any atom is -0.398 e. The molecule has 0 radical (unpaired) electrons. The third-order valence-electron chi connectivity index (χ3n) is 2.43.